The second-order valence-electron chi connectivity index (χ2n) is 6.17. The number of hydrogen-bond acceptors (Lipinski definition) is 6. The van der Waals surface area contributed by atoms with E-state index in [1.54, 1.807) is 6.20 Å². The highest BCUT2D eigenvalue weighted by Crippen LogP contribution is 2.24. The Morgan fingerprint density at radius 3 is 2.88 bits per heavy atom. The number of aromatic nitrogens is 4. The third-order valence-electron chi connectivity index (χ3n) is 4.54. The Morgan fingerprint density at radius 2 is 2.04 bits per heavy atom. The van der Waals surface area contributed by atoms with Crippen molar-refractivity contribution in [2.24, 2.45) is 0 Å². The second kappa shape index (κ2) is 6.39. The lowest BCUT2D eigenvalue weighted by atomic mass is 10.2. The first kappa shape index (κ1) is 14.8. The molecule has 122 valence electrons. The minimum Gasteiger partial charge on any atom is -0.356 e. The molecular formula is C18H20N6. The smallest absolute Gasteiger partial charge is 0.151 e. The van der Waals surface area contributed by atoms with Crippen molar-refractivity contribution in [1.82, 2.24) is 20.2 Å². The van der Waals surface area contributed by atoms with Crippen molar-refractivity contribution in [2.45, 2.75) is 18.9 Å². The van der Waals surface area contributed by atoms with Gasteiger partial charge < -0.3 is 9.80 Å². The molecule has 0 amide bonds. The summed E-state index contributed by atoms with van der Waals surface area (Å²) in [5.41, 5.74) is 1.86. The van der Waals surface area contributed by atoms with Crippen molar-refractivity contribution in [3.8, 4) is 0 Å². The van der Waals surface area contributed by atoms with E-state index in [0.29, 0.717) is 6.04 Å². The van der Waals surface area contributed by atoms with Crippen LogP contribution in [-0.2, 0) is 0 Å². The van der Waals surface area contributed by atoms with E-state index in [1.165, 1.54) is 6.42 Å². The van der Waals surface area contributed by atoms with Crippen LogP contribution in [0.15, 0.2) is 48.8 Å². The molecule has 1 fully saturated rings. The van der Waals surface area contributed by atoms with Crippen LogP contribution in [0.25, 0.3) is 11.0 Å². The number of hydrogen-bond donors (Lipinski definition) is 0. The summed E-state index contributed by atoms with van der Waals surface area (Å²) < 4.78 is 0. The number of rotatable bonds is 4. The fourth-order valence-electron chi connectivity index (χ4n) is 3.31. The molecule has 0 radical (unpaired) electrons. The molecule has 0 N–H and O–H groups in total. The Labute approximate surface area is 141 Å². The summed E-state index contributed by atoms with van der Waals surface area (Å²) >= 11 is 0. The molecule has 0 aliphatic carbocycles. The monoisotopic (exact) mass is 320 g/mol. The van der Waals surface area contributed by atoms with E-state index in [4.69, 9.17) is 4.98 Å². The Hall–Kier alpha value is -2.76. The zero-order chi connectivity index (χ0) is 16.4. The lowest BCUT2D eigenvalue weighted by Gasteiger charge is -2.29. The minimum absolute atomic E-state index is 0.417. The highest BCUT2D eigenvalue weighted by atomic mass is 15.3. The van der Waals surface area contributed by atoms with Crippen molar-refractivity contribution >= 4 is 22.7 Å². The van der Waals surface area contributed by atoms with Crippen LogP contribution in [0, 0.1) is 0 Å². The number of likely N-dealkylation sites (N-methyl/N-ethyl adjacent to an activating group) is 1. The third-order valence-corrected chi connectivity index (χ3v) is 4.54. The van der Waals surface area contributed by atoms with Crippen LogP contribution in [0.3, 0.4) is 0 Å². The summed E-state index contributed by atoms with van der Waals surface area (Å²) in [4.78, 5) is 13.8. The fraction of sp³-hybridized carbons (Fsp3) is 0.333. The van der Waals surface area contributed by atoms with Gasteiger partial charge in [0.15, 0.2) is 5.82 Å². The SMILES string of the molecule is CN(C[C@H]1CCCN1c1cccnn1)c1cnc2ccccc2n1. The molecule has 4 rings (SSSR count). The molecule has 3 aromatic rings. The van der Waals surface area contributed by atoms with Crippen molar-refractivity contribution in [3.05, 3.63) is 48.8 Å². The van der Waals surface area contributed by atoms with E-state index in [2.05, 4.69) is 32.0 Å². The molecule has 1 atom stereocenters. The molecule has 0 unspecified atom stereocenters. The number of benzene rings is 1. The Morgan fingerprint density at radius 1 is 1.17 bits per heavy atom. The summed E-state index contributed by atoms with van der Waals surface area (Å²) in [5.74, 6) is 1.86. The van der Waals surface area contributed by atoms with Crippen LogP contribution >= 0.6 is 0 Å². The lowest BCUT2D eigenvalue weighted by molar-refractivity contribution is 0.643. The lowest BCUT2D eigenvalue weighted by Crippen LogP contribution is -2.39. The first-order valence-corrected chi connectivity index (χ1v) is 8.28. The number of nitrogens with zero attached hydrogens (tertiary/aromatic N) is 6. The van der Waals surface area contributed by atoms with Crippen LogP contribution < -0.4 is 9.80 Å². The maximum absolute atomic E-state index is 4.73. The molecule has 1 aromatic carbocycles. The third kappa shape index (κ3) is 2.87. The molecule has 6 nitrogen and oxygen atoms in total. The standard InChI is InChI=1S/C18H20N6/c1-23(18-12-19-15-7-2-3-8-16(15)21-18)13-14-6-5-11-24(14)17-9-4-10-20-22-17/h2-4,7-10,12,14H,5-6,11,13H2,1H3/t14-/m1/s1. The van der Waals surface area contributed by atoms with Crippen LogP contribution in [0.4, 0.5) is 11.6 Å². The van der Waals surface area contributed by atoms with Crippen LogP contribution in [0.2, 0.25) is 0 Å². The summed E-state index contributed by atoms with van der Waals surface area (Å²) in [6.07, 6.45) is 5.90. The van der Waals surface area contributed by atoms with Crippen LogP contribution in [0.1, 0.15) is 12.8 Å². The van der Waals surface area contributed by atoms with E-state index in [1.807, 2.05) is 42.6 Å². The van der Waals surface area contributed by atoms with E-state index >= 15 is 0 Å². The van der Waals surface area contributed by atoms with Crippen LogP contribution in [0.5, 0.6) is 0 Å². The topological polar surface area (TPSA) is 58.0 Å². The fourth-order valence-corrected chi connectivity index (χ4v) is 3.31. The number of fused-ring (bicyclic) bond motifs is 1. The van der Waals surface area contributed by atoms with Crippen molar-refractivity contribution in [2.75, 3.05) is 29.9 Å². The highest BCUT2D eigenvalue weighted by molar-refractivity contribution is 5.75. The average molecular weight is 320 g/mol. The molecule has 1 aliphatic rings. The number of para-hydroxylation sites is 2. The Balaban J connectivity index is 1.53. The average Bonchev–Trinajstić information content (AvgIpc) is 3.10. The predicted octanol–water partition coefficient (Wildman–Crippen LogP) is 2.53. The van der Waals surface area contributed by atoms with Gasteiger partial charge in [0.1, 0.15) is 5.82 Å². The van der Waals surface area contributed by atoms with Gasteiger partial charge in [-0.3, -0.25) is 4.98 Å². The molecule has 24 heavy (non-hydrogen) atoms. The normalized spacial score (nSPS) is 17.4. The van der Waals surface area contributed by atoms with Gasteiger partial charge in [-0.05, 0) is 37.1 Å². The summed E-state index contributed by atoms with van der Waals surface area (Å²) in [7, 11) is 2.08. The van der Waals surface area contributed by atoms with Crippen molar-refractivity contribution in [3.63, 3.8) is 0 Å². The molecule has 0 spiro atoms. The second-order valence-corrected chi connectivity index (χ2v) is 6.17. The van der Waals surface area contributed by atoms with Gasteiger partial charge in [-0.25, -0.2) is 4.98 Å². The molecule has 1 aliphatic heterocycles. The Kier molecular flexibility index (Phi) is 3.94. The van der Waals surface area contributed by atoms with Gasteiger partial charge in [0, 0.05) is 32.4 Å². The van der Waals surface area contributed by atoms with E-state index in [-0.39, 0.29) is 0 Å². The van der Waals surface area contributed by atoms with Crippen molar-refractivity contribution in [1.29, 1.82) is 0 Å². The predicted molar refractivity (Wildman–Crippen MR) is 95.2 cm³/mol. The summed E-state index contributed by atoms with van der Waals surface area (Å²) in [6, 6.07) is 12.3. The minimum atomic E-state index is 0.417. The van der Waals surface area contributed by atoms with Gasteiger partial charge in [-0.15, -0.1) is 5.10 Å². The van der Waals surface area contributed by atoms with Crippen molar-refractivity contribution < 1.29 is 0 Å². The molecular weight excluding hydrogens is 300 g/mol. The largest absolute Gasteiger partial charge is 0.356 e. The van der Waals surface area contributed by atoms with Gasteiger partial charge in [0.05, 0.1) is 17.2 Å². The van der Waals surface area contributed by atoms with Crippen LogP contribution in [-0.4, -0.2) is 46.3 Å². The van der Waals surface area contributed by atoms with E-state index in [0.717, 1.165) is 42.2 Å². The molecule has 2 aromatic heterocycles. The number of anilines is 2. The summed E-state index contributed by atoms with van der Waals surface area (Å²) in [5, 5.41) is 8.27. The van der Waals surface area contributed by atoms with Gasteiger partial charge in [-0.1, -0.05) is 12.1 Å². The zero-order valence-corrected chi connectivity index (χ0v) is 13.7. The molecule has 6 heteroatoms. The van der Waals surface area contributed by atoms with E-state index in [9.17, 15) is 0 Å². The first-order valence-electron chi connectivity index (χ1n) is 8.28. The summed E-state index contributed by atoms with van der Waals surface area (Å²) in [6.45, 7) is 1.92. The molecule has 3 heterocycles. The quantitative estimate of drug-likeness (QED) is 0.736. The first-order chi connectivity index (χ1) is 11.8. The maximum Gasteiger partial charge on any atom is 0.151 e. The molecule has 0 saturated carbocycles. The maximum atomic E-state index is 4.73. The molecule has 1 saturated heterocycles. The van der Waals surface area contributed by atoms with Gasteiger partial charge in [0.2, 0.25) is 0 Å². The highest BCUT2D eigenvalue weighted by Gasteiger charge is 2.27. The van der Waals surface area contributed by atoms with Gasteiger partial charge >= 0.3 is 0 Å². The van der Waals surface area contributed by atoms with Gasteiger partial charge in [-0.2, -0.15) is 5.10 Å². The Bertz CT molecular complexity index is 822. The zero-order valence-electron chi connectivity index (χ0n) is 13.7. The molecule has 0 bridgehead atoms. The van der Waals surface area contributed by atoms with E-state index < -0.39 is 0 Å². The van der Waals surface area contributed by atoms with Gasteiger partial charge in [0.25, 0.3) is 0 Å².